The summed E-state index contributed by atoms with van der Waals surface area (Å²) in [6.45, 7) is 6.43. The number of hydrogen-bond donors (Lipinski definition) is 2. The minimum atomic E-state index is -2.80. The summed E-state index contributed by atoms with van der Waals surface area (Å²) in [4.78, 5) is 0. The van der Waals surface area contributed by atoms with Crippen LogP contribution in [0.2, 0.25) is 18.6 Å². The summed E-state index contributed by atoms with van der Waals surface area (Å²) in [6, 6.07) is 1.72. The van der Waals surface area contributed by atoms with Gasteiger partial charge in [-0.15, -0.1) is 0 Å². The summed E-state index contributed by atoms with van der Waals surface area (Å²) < 4.78 is 24.5. The Bertz CT molecular complexity index is 506. The van der Waals surface area contributed by atoms with Gasteiger partial charge in [0.15, 0.2) is 0 Å². The summed E-state index contributed by atoms with van der Waals surface area (Å²) >= 11 is 0. The van der Waals surface area contributed by atoms with E-state index in [1.54, 1.807) is 21.3 Å². The van der Waals surface area contributed by atoms with Crippen LogP contribution in [0.25, 0.3) is 0 Å². The highest BCUT2D eigenvalue weighted by molar-refractivity contribution is 6.77. The van der Waals surface area contributed by atoms with E-state index in [0.717, 1.165) is 63.5 Å². The Morgan fingerprint density at radius 1 is 0.733 bits per heavy atom. The molecule has 2 rings (SSSR count). The van der Waals surface area contributed by atoms with Gasteiger partial charge in [0.05, 0.1) is 12.2 Å². The standard InChI is InChI=1S/C22H46O6Si2/c1-17-15-19(7-9-21(17)23)11-13-29(6,25-3)28-30(26-4,27-5)14-12-20-8-10-22(24)18(2)16-20/h17-24H,7-16H2,1-6H3. The second kappa shape index (κ2) is 11.9. The summed E-state index contributed by atoms with van der Waals surface area (Å²) in [7, 11) is -0.0554. The van der Waals surface area contributed by atoms with Gasteiger partial charge in [-0.25, -0.2) is 0 Å². The molecule has 2 aliphatic rings. The number of hydrogen-bond acceptors (Lipinski definition) is 6. The maximum absolute atomic E-state index is 10.0. The van der Waals surface area contributed by atoms with Crippen LogP contribution in [-0.2, 0) is 17.4 Å². The number of aliphatic hydroxyl groups is 2. The van der Waals surface area contributed by atoms with Gasteiger partial charge in [-0.2, -0.15) is 0 Å². The predicted molar refractivity (Wildman–Crippen MR) is 123 cm³/mol. The Kier molecular flexibility index (Phi) is 10.5. The third-order valence-corrected chi connectivity index (χ3v) is 14.9. The van der Waals surface area contributed by atoms with E-state index in [0.29, 0.717) is 23.7 Å². The lowest BCUT2D eigenvalue weighted by molar-refractivity contribution is 0.0543. The van der Waals surface area contributed by atoms with Gasteiger partial charge in [0.2, 0.25) is 0 Å². The van der Waals surface area contributed by atoms with Gasteiger partial charge in [-0.1, -0.05) is 13.8 Å². The number of rotatable bonds is 11. The molecule has 2 saturated carbocycles. The lowest BCUT2D eigenvalue weighted by Crippen LogP contribution is -2.54. The molecule has 0 aromatic carbocycles. The molecule has 2 fully saturated rings. The zero-order valence-corrected chi connectivity index (χ0v) is 22.1. The van der Waals surface area contributed by atoms with Gasteiger partial charge in [-0.05, 0) is 87.6 Å². The van der Waals surface area contributed by atoms with E-state index in [4.69, 9.17) is 17.4 Å². The molecule has 0 radical (unpaired) electrons. The molecule has 2 aliphatic carbocycles. The van der Waals surface area contributed by atoms with Gasteiger partial charge >= 0.3 is 17.4 Å². The van der Waals surface area contributed by atoms with Crippen LogP contribution in [0, 0.1) is 23.7 Å². The van der Waals surface area contributed by atoms with Crippen molar-refractivity contribution in [1.29, 1.82) is 0 Å². The van der Waals surface area contributed by atoms with Crippen molar-refractivity contribution in [2.75, 3.05) is 21.3 Å². The van der Waals surface area contributed by atoms with Gasteiger partial charge in [0, 0.05) is 27.4 Å². The first-order chi connectivity index (χ1) is 14.2. The lowest BCUT2D eigenvalue weighted by Gasteiger charge is -2.38. The molecule has 0 amide bonds. The molecule has 0 aromatic rings. The molecule has 0 heterocycles. The van der Waals surface area contributed by atoms with E-state index >= 15 is 0 Å². The van der Waals surface area contributed by atoms with Crippen molar-refractivity contribution >= 4 is 17.4 Å². The third kappa shape index (κ3) is 7.37. The van der Waals surface area contributed by atoms with Crippen molar-refractivity contribution in [3.63, 3.8) is 0 Å². The molecule has 0 aliphatic heterocycles. The minimum absolute atomic E-state index is 0.144. The summed E-state index contributed by atoms with van der Waals surface area (Å²) in [5.41, 5.74) is 0. The maximum Gasteiger partial charge on any atom is 0.491 e. The molecule has 8 heteroatoms. The van der Waals surface area contributed by atoms with Crippen molar-refractivity contribution < 1.29 is 27.6 Å². The first-order valence-corrected chi connectivity index (χ1v) is 16.3. The van der Waals surface area contributed by atoms with E-state index in [1.165, 1.54) is 0 Å². The quantitative estimate of drug-likeness (QED) is 0.445. The molecule has 178 valence electrons. The average Bonchev–Trinajstić information content (AvgIpc) is 2.74. The fraction of sp³-hybridized carbons (Fsp3) is 1.00. The Hall–Kier alpha value is 0.194. The second-order valence-electron chi connectivity index (χ2n) is 10.1. The zero-order chi connectivity index (χ0) is 22.4. The molecular formula is C22H46O6Si2. The van der Waals surface area contributed by atoms with Crippen LogP contribution in [0.15, 0.2) is 0 Å². The fourth-order valence-corrected chi connectivity index (χ4v) is 12.2. The van der Waals surface area contributed by atoms with E-state index < -0.39 is 17.4 Å². The van der Waals surface area contributed by atoms with Crippen LogP contribution in [0.3, 0.4) is 0 Å². The smallest absolute Gasteiger partial charge is 0.398 e. The van der Waals surface area contributed by atoms with Crippen LogP contribution < -0.4 is 0 Å². The highest BCUT2D eigenvalue weighted by Gasteiger charge is 2.48. The van der Waals surface area contributed by atoms with Crippen molar-refractivity contribution in [3.05, 3.63) is 0 Å². The molecule has 6 nitrogen and oxygen atoms in total. The summed E-state index contributed by atoms with van der Waals surface area (Å²) in [6.07, 6.45) is 7.87. The Labute approximate surface area is 186 Å². The topological polar surface area (TPSA) is 77.4 Å². The SMILES string of the molecule is CO[Si](C)(CCC1CCC(O)C(C)C1)O[Si](CCC1CCC(O)C(C)C1)(OC)OC. The molecule has 2 N–H and O–H groups in total. The molecule has 30 heavy (non-hydrogen) atoms. The summed E-state index contributed by atoms with van der Waals surface area (Å²) in [5, 5.41) is 20.0. The van der Waals surface area contributed by atoms with Crippen LogP contribution in [-0.4, -0.2) is 61.1 Å². The lowest BCUT2D eigenvalue weighted by atomic mass is 9.79. The molecule has 7 unspecified atom stereocenters. The number of aliphatic hydroxyl groups excluding tert-OH is 2. The van der Waals surface area contributed by atoms with Crippen LogP contribution in [0.5, 0.6) is 0 Å². The van der Waals surface area contributed by atoms with E-state index in [-0.39, 0.29) is 12.2 Å². The monoisotopic (exact) mass is 462 g/mol. The molecule has 0 spiro atoms. The van der Waals surface area contributed by atoms with Gasteiger partial charge in [0.25, 0.3) is 0 Å². The normalized spacial score (nSPS) is 35.2. The Morgan fingerprint density at radius 3 is 1.60 bits per heavy atom. The average molecular weight is 463 g/mol. The van der Waals surface area contributed by atoms with Crippen molar-refractivity contribution in [2.24, 2.45) is 23.7 Å². The van der Waals surface area contributed by atoms with Gasteiger partial charge < -0.3 is 27.6 Å². The van der Waals surface area contributed by atoms with Crippen LogP contribution in [0.1, 0.15) is 65.2 Å². The largest absolute Gasteiger partial charge is 0.491 e. The first kappa shape index (κ1) is 26.4. The third-order valence-electron chi connectivity index (χ3n) is 7.76. The zero-order valence-electron chi connectivity index (χ0n) is 20.1. The van der Waals surface area contributed by atoms with E-state index in [9.17, 15) is 10.2 Å². The highest BCUT2D eigenvalue weighted by atomic mass is 28.5. The first-order valence-electron chi connectivity index (χ1n) is 11.9. The predicted octanol–water partition coefficient (Wildman–Crippen LogP) is 4.33. The Morgan fingerprint density at radius 2 is 1.20 bits per heavy atom. The summed E-state index contributed by atoms with van der Waals surface area (Å²) in [5.74, 6) is 1.96. The fourth-order valence-electron chi connectivity index (χ4n) is 5.30. The van der Waals surface area contributed by atoms with Crippen LogP contribution >= 0.6 is 0 Å². The second-order valence-corrected chi connectivity index (χ2v) is 16.7. The van der Waals surface area contributed by atoms with Crippen molar-refractivity contribution in [2.45, 2.75) is 96.1 Å². The van der Waals surface area contributed by atoms with Crippen molar-refractivity contribution in [3.8, 4) is 0 Å². The minimum Gasteiger partial charge on any atom is -0.398 e. The van der Waals surface area contributed by atoms with Gasteiger partial charge in [0.1, 0.15) is 0 Å². The molecule has 0 aromatic heterocycles. The molecule has 0 bridgehead atoms. The Balaban J connectivity index is 1.92. The van der Waals surface area contributed by atoms with Gasteiger partial charge in [-0.3, -0.25) is 0 Å². The van der Waals surface area contributed by atoms with E-state index in [1.807, 2.05) is 0 Å². The molecular weight excluding hydrogens is 416 g/mol. The van der Waals surface area contributed by atoms with Crippen molar-refractivity contribution in [1.82, 2.24) is 0 Å². The maximum atomic E-state index is 10.0. The van der Waals surface area contributed by atoms with Crippen LogP contribution in [0.4, 0.5) is 0 Å². The molecule has 0 saturated heterocycles. The highest BCUT2D eigenvalue weighted by Crippen LogP contribution is 2.37. The van der Waals surface area contributed by atoms with E-state index in [2.05, 4.69) is 20.4 Å². The molecule has 7 atom stereocenters.